The zero-order valence-corrected chi connectivity index (χ0v) is 16.5. The summed E-state index contributed by atoms with van der Waals surface area (Å²) in [6, 6.07) is 14.5. The van der Waals surface area contributed by atoms with Crippen LogP contribution in [-0.4, -0.2) is 50.1 Å². The zero-order chi connectivity index (χ0) is 19.5. The molecule has 0 spiro atoms. The monoisotopic (exact) mass is 401 g/mol. The highest BCUT2D eigenvalue weighted by Crippen LogP contribution is 2.49. The summed E-state index contributed by atoms with van der Waals surface area (Å²) in [5, 5.41) is 3.83. The van der Waals surface area contributed by atoms with Crippen molar-refractivity contribution in [3.05, 3.63) is 64.9 Å². The van der Waals surface area contributed by atoms with Crippen molar-refractivity contribution in [2.75, 3.05) is 44.2 Å². The number of nitrogens with one attached hydrogen (secondary N) is 1. The van der Waals surface area contributed by atoms with Gasteiger partial charge in [0.2, 0.25) is 5.91 Å². The van der Waals surface area contributed by atoms with Crippen LogP contribution in [0.2, 0.25) is 5.02 Å². The Morgan fingerprint density at radius 2 is 1.79 bits per heavy atom. The number of anilines is 1. The van der Waals surface area contributed by atoms with Crippen LogP contribution in [0.15, 0.2) is 48.5 Å². The molecule has 1 heterocycles. The first-order valence-electron chi connectivity index (χ1n) is 9.87. The Hall–Kier alpha value is -2.11. The fraction of sp³-hybridized carbons (Fsp3) is 0.409. The average Bonchev–Trinajstić information content (AvgIpc) is 3.50. The third-order valence-corrected chi connectivity index (χ3v) is 6.07. The number of hydrogen-bond acceptors (Lipinski definition) is 3. The van der Waals surface area contributed by atoms with Gasteiger partial charge in [0, 0.05) is 55.9 Å². The Bertz CT molecular complexity index is 821. The van der Waals surface area contributed by atoms with E-state index in [2.05, 4.69) is 15.1 Å². The summed E-state index contributed by atoms with van der Waals surface area (Å²) in [5.41, 5.74) is 2.15. The van der Waals surface area contributed by atoms with E-state index < -0.39 is 0 Å². The molecule has 1 aliphatic carbocycles. The molecule has 2 unspecified atom stereocenters. The van der Waals surface area contributed by atoms with Crippen LogP contribution < -0.4 is 10.2 Å². The molecule has 1 aliphatic heterocycles. The lowest BCUT2D eigenvalue weighted by atomic mass is 10.1. The maximum Gasteiger partial charge on any atom is 0.223 e. The first-order valence-corrected chi connectivity index (χ1v) is 10.2. The van der Waals surface area contributed by atoms with Gasteiger partial charge in [-0.25, -0.2) is 4.39 Å². The van der Waals surface area contributed by atoms with Crippen molar-refractivity contribution in [3.63, 3.8) is 0 Å². The van der Waals surface area contributed by atoms with E-state index >= 15 is 0 Å². The Kier molecular flexibility index (Phi) is 5.83. The van der Waals surface area contributed by atoms with Crippen LogP contribution in [0.1, 0.15) is 17.9 Å². The molecule has 0 bridgehead atoms. The van der Waals surface area contributed by atoms with Gasteiger partial charge in [0.15, 0.2) is 0 Å². The molecule has 4 rings (SSSR count). The maximum atomic E-state index is 13.1. The van der Waals surface area contributed by atoms with Gasteiger partial charge >= 0.3 is 0 Å². The lowest BCUT2D eigenvalue weighted by Gasteiger charge is -2.36. The normalized spacial score (nSPS) is 22.1. The molecule has 1 saturated carbocycles. The van der Waals surface area contributed by atoms with Crippen LogP contribution >= 0.6 is 11.6 Å². The molecular weight excluding hydrogens is 377 g/mol. The standard InChI is InChI=1S/C22H25ClFN3O/c23-21-4-2-1-3-18(21)19-15-20(19)22(28)25-9-10-26-11-13-27(14-12-26)17-7-5-16(24)6-8-17/h1-8,19-20H,9-15H2,(H,25,28). The summed E-state index contributed by atoms with van der Waals surface area (Å²) in [6.45, 7) is 5.24. The summed E-state index contributed by atoms with van der Waals surface area (Å²) in [5.74, 6) is 0.239. The van der Waals surface area contributed by atoms with Crippen LogP contribution in [-0.2, 0) is 4.79 Å². The number of halogens is 2. The lowest BCUT2D eigenvalue weighted by molar-refractivity contribution is -0.122. The molecule has 28 heavy (non-hydrogen) atoms. The van der Waals surface area contributed by atoms with E-state index in [0.29, 0.717) is 6.54 Å². The van der Waals surface area contributed by atoms with E-state index in [-0.39, 0.29) is 23.6 Å². The second-order valence-electron chi connectivity index (χ2n) is 7.57. The second-order valence-corrected chi connectivity index (χ2v) is 7.97. The van der Waals surface area contributed by atoms with Crippen molar-refractivity contribution >= 4 is 23.2 Å². The summed E-state index contributed by atoms with van der Waals surface area (Å²) < 4.78 is 13.1. The first-order chi connectivity index (χ1) is 13.6. The number of hydrogen-bond donors (Lipinski definition) is 1. The second kappa shape index (κ2) is 8.50. The molecule has 2 aromatic carbocycles. The predicted molar refractivity (Wildman–Crippen MR) is 110 cm³/mol. The van der Waals surface area contributed by atoms with Crippen molar-refractivity contribution in [1.82, 2.24) is 10.2 Å². The molecular formula is C22H25ClFN3O. The van der Waals surface area contributed by atoms with E-state index in [4.69, 9.17) is 11.6 Å². The summed E-state index contributed by atoms with van der Waals surface area (Å²) >= 11 is 6.24. The molecule has 1 N–H and O–H groups in total. The number of benzene rings is 2. The van der Waals surface area contributed by atoms with E-state index in [1.54, 1.807) is 0 Å². The highest BCUT2D eigenvalue weighted by Gasteiger charge is 2.44. The quantitative estimate of drug-likeness (QED) is 0.804. The SMILES string of the molecule is O=C(NCCN1CCN(c2ccc(F)cc2)CC1)C1CC1c1ccccc1Cl. The summed E-state index contributed by atoms with van der Waals surface area (Å²) in [6.07, 6.45) is 0.881. The van der Waals surface area contributed by atoms with Gasteiger partial charge in [0.1, 0.15) is 5.82 Å². The number of carbonyl (C=O) groups excluding carboxylic acids is 1. The molecule has 148 valence electrons. The average molecular weight is 402 g/mol. The third kappa shape index (κ3) is 4.47. The number of piperazine rings is 1. The minimum Gasteiger partial charge on any atom is -0.369 e. The Morgan fingerprint density at radius 1 is 1.07 bits per heavy atom. The fourth-order valence-corrected chi connectivity index (χ4v) is 4.23. The van der Waals surface area contributed by atoms with Crippen LogP contribution in [0.3, 0.4) is 0 Å². The smallest absolute Gasteiger partial charge is 0.223 e. The molecule has 2 fully saturated rings. The molecule has 1 amide bonds. The topological polar surface area (TPSA) is 35.6 Å². The van der Waals surface area contributed by atoms with Crippen molar-refractivity contribution < 1.29 is 9.18 Å². The number of nitrogens with zero attached hydrogens (tertiary/aromatic N) is 2. The van der Waals surface area contributed by atoms with Gasteiger partial charge < -0.3 is 10.2 Å². The molecule has 0 aromatic heterocycles. The van der Waals surface area contributed by atoms with E-state index in [1.807, 2.05) is 36.4 Å². The van der Waals surface area contributed by atoms with Gasteiger partial charge in [-0.15, -0.1) is 0 Å². The maximum absolute atomic E-state index is 13.1. The molecule has 4 nitrogen and oxygen atoms in total. The van der Waals surface area contributed by atoms with Crippen molar-refractivity contribution in [1.29, 1.82) is 0 Å². The van der Waals surface area contributed by atoms with Crippen LogP contribution in [0.4, 0.5) is 10.1 Å². The Morgan fingerprint density at radius 3 is 2.50 bits per heavy atom. The third-order valence-electron chi connectivity index (χ3n) is 5.72. The van der Waals surface area contributed by atoms with E-state index in [0.717, 1.165) is 55.4 Å². The molecule has 2 aliphatic rings. The molecule has 0 radical (unpaired) electrons. The predicted octanol–water partition coefficient (Wildman–Crippen LogP) is 3.52. The van der Waals surface area contributed by atoms with Crippen molar-refractivity contribution in [2.45, 2.75) is 12.3 Å². The summed E-state index contributed by atoms with van der Waals surface area (Å²) in [4.78, 5) is 17.0. The highest BCUT2D eigenvalue weighted by atomic mass is 35.5. The van der Waals surface area contributed by atoms with Gasteiger partial charge in [0.05, 0.1) is 0 Å². The van der Waals surface area contributed by atoms with Crippen molar-refractivity contribution in [3.8, 4) is 0 Å². The van der Waals surface area contributed by atoms with Gasteiger partial charge in [-0.3, -0.25) is 9.69 Å². The minimum atomic E-state index is -0.203. The Balaban J connectivity index is 1.17. The molecule has 1 saturated heterocycles. The highest BCUT2D eigenvalue weighted by molar-refractivity contribution is 6.31. The van der Waals surface area contributed by atoms with Crippen LogP contribution in [0, 0.1) is 11.7 Å². The lowest BCUT2D eigenvalue weighted by Crippen LogP contribution is -2.48. The van der Waals surface area contributed by atoms with Crippen LogP contribution in [0.5, 0.6) is 0 Å². The van der Waals surface area contributed by atoms with Gasteiger partial charge in [0.25, 0.3) is 0 Å². The van der Waals surface area contributed by atoms with Crippen molar-refractivity contribution in [2.24, 2.45) is 5.92 Å². The van der Waals surface area contributed by atoms with E-state index in [9.17, 15) is 9.18 Å². The van der Waals surface area contributed by atoms with Gasteiger partial charge in [-0.1, -0.05) is 29.8 Å². The number of carbonyl (C=O) groups is 1. The van der Waals surface area contributed by atoms with Crippen LogP contribution in [0.25, 0.3) is 0 Å². The van der Waals surface area contributed by atoms with E-state index in [1.165, 1.54) is 12.1 Å². The number of rotatable bonds is 6. The largest absolute Gasteiger partial charge is 0.369 e. The Labute approximate surface area is 170 Å². The molecule has 6 heteroatoms. The zero-order valence-electron chi connectivity index (χ0n) is 15.8. The molecule has 2 atom stereocenters. The number of amides is 1. The van der Waals surface area contributed by atoms with Gasteiger partial charge in [-0.05, 0) is 48.2 Å². The first kappa shape index (κ1) is 19.2. The fourth-order valence-electron chi connectivity index (χ4n) is 3.95. The summed E-state index contributed by atoms with van der Waals surface area (Å²) in [7, 11) is 0. The van der Waals surface area contributed by atoms with Gasteiger partial charge in [-0.2, -0.15) is 0 Å². The minimum absolute atomic E-state index is 0.0511. The molecule has 2 aromatic rings.